The smallest absolute Gasteiger partial charge is 0.322 e. The summed E-state index contributed by atoms with van der Waals surface area (Å²) in [6, 6.07) is 1.79. The van der Waals surface area contributed by atoms with E-state index in [2.05, 4.69) is 4.74 Å². The van der Waals surface area contributed by atoms with E-state index in [9.17, 15) is 9.18 Å². The van der Waals surface area contributed by atoms with Crippen LogP contribution in [0.4, 0.5) is 10.1 Å². The fourth-order valence-electron chi connectivity index (χ4n) is 1.46. The molecular formula is C11H15FN2O2. The highest BCUT2D eigenvalue weighted by atomic mass is 19.1. The Morgan fingerprint density at radius 2 is 2.19 bits per heavy atom. The van der Waals surface area contributed by atoms with E-state index in [0.29, 0.717) is 16.8 Å². The number of nitrogen functional groups attached to an aromatic ring is 1. The third-order valence-electron chi connectivity index (χ3n) is 2.38. The van der Waals surface area contributed by atoms with Crippen molar-refractivity contribution < 1.29 is 13.9 Å². The van der Waals surface area contributed by atoms with Crippen molar-refractivity contribution in [3.05, 3.63) is 29.1 Å². The molecule has 1 atom stereocenters. The minimum atomic E-state index is -0.825. The Balaban J connectivity index is 2.93. The summed E-state index contributed by atoms with van der Waals surface area (Å²) >= 11 is 0. The minimum absolute atomic E-state index is 0.164. The molecule has 0 saturated carbocycles. The van der Waals surface area contributed by atoms with Gasteiger partial charge in [-0.25, -0.2) is 4.39 Å². The van der Waals surface area contributed by atoms with E-state index in [1.54, 1.807) is 6.92 Å². The molecule has 0 amide bonds. The Morgan fingerprint density at radius 3 is 2.75 bits per heavy atom. The van der Waals surface area contributed by atoms with Crippen LogP contribution in [0.2, 0.25) is 0 Å². The van der Waals surface area contributed by atoms with Gasteiger partial charge in [-0.15, -0.1) is 0 Å². The third-order valence-corrected chi connectivity index (χ3v) is 2.38. The number of rotatable bonds is 3. The average molecular weight is 226 g/mol. The van der Waals surface area contributed by atoms with Crippen LogP contribution < -0.4 is 11.5 Å². The first-order valence-electron chi connectivity index (χ1n) is 4.83. The highest BCUT2D eigenvalue weighted by Crippen LogP contribution is 2.20. The molecule has 1 rings (SSSR count). The number of esters is 1. The van der Waals surface area contributed by atoms with E-state index in [-0.39, 0.29) is 6.42 Å². The maximum Gasteiger partial charge on any atom is 0.322 e. The fourth-order valence-corrected chi connectivity index (χ4v) is 1.46. The second kappa shape index (κ2) is 4.94. The highest BCUT2D eigenvalue weighted by Gasteiger charge is 2.16. The Morgan fingerprint density at radius 1 is 1.56 bits per heavy atom. The van der Waals surface area contributed by atoms with Crippen LogP contribution in [-0.2, 0) is 16.0 Å². The number of aryl methyl sites for hydroxylation is 1. The molecule has 1 aromatic carbocycles. The van der Waals surface area contributed by atoms with Crippen molar-refractivity contribution in [2.45, 2.75) is 19.4 Å². The predicted molar refractivity (Wildman–Crippen MR) is 59.2 cm³/mol. The molecule has 16 heavy (non-hydrogen) atoms. The number of halogens is 1. The first-order chi connectivity index (χ1) is 7.45. The summed E-state index contributed by atoms with van der Waals surface area (Å²) in [6.07, 6.45) is 0.164. The summed E-state index contributed by atoms with van der Waals surface area (Å²) in [4.78, 5) is 11.1. The second-order valence-electron chi connectivity index (χ2n) is 3.63. The lowest BCUT2D eigenvalue weighted by Gasteiger charge is -2.12. The van der Waals surface area contributed by atoms with E-state index in [0.717, 1.165) is 0 Å². The Hall–Kier alpha value is -1.62. The second-order valence-corrected chi connectivity index (χ2v) is 3.63. The molecule has 5 heteroatoms. The van der Waals surface area contributed by atoms with E-state index < -0.39 is 17.8 Å². The Kier molecular flexibility index (Phi) is 3.84. The molecule has 4 nitrogen and oxygen atoms in total. The number of carbonyl (C=O) groups excluding carboxylic acids is 1. The number of hydrogen-bond donors (Lipinski definition) is 2. The minimum Gasteiger partial charge on any atom is -0.468 e. The van der Waals surface area contributed by atoms with Crippen molar-refractivity contribution in [3.8, 4) is 0 Å². The molecule has 0 aromatic heterocycles. The standard InChI is InChI=1S/C11H15FN2O2/c1-6-3-8(12)4-7(10(6)14)5-9(13)11(15)16-2/h3-4,9H,5,13-14H2,1-2H3/t9-/m1/s1. The van der Waals surface area contributed by atoms with Gasteiger partial charge in [0.1, 0.15) is 11.9 Å². The number of anilines is 1. The molecule has 0 aliphatic carbocycles. The van der Waals surface area contributed by atoms with Gasteiger partial charge in [0, 0.05) is 12.1 Å². The molecule has 0 radical (unpaired) electrons. The number of nitrogens with two attached hydrogens (primary N) is 2. The van der Waals surface area contributed by atoms with Crippen LogP contribution in [0.15, 0.2) is 12.1 Å². The summed E-state index contributed by atoms with van der Waals surface area (Å²) in [5.41, 5.74) is 13.0. The van der Waals surface area contributed by atoms with Gasteiger partial charge in [0.2, 0.25) is 0 Å². The number of carbonyl (C=O) groups is 1. The zero-order valence-electron chi connectivity index (χ0n) is 9.29. The van der Waals surface area contributed by atoms with Gasteiger partial charge < -0.3 is 16.2 Å². The SMILES string of the molecule is COC(=O)[C@H](N)Cc1cc(F)cc(C)c1N. The number of ether oxygens (including phenoxy) is 1. The van der Waals surface area contributed by atoms with E-state index in [4.69, 9.17) is 11.5 Å². The monoisotopic (exact) mass is 226 g/mol. The molecule has 1 aromatic rings. The molecule has 0 saturated heterocycles. The lowest BCUT2D eigenvalue weighted by atomic mass is 10.0. The van der Waals surface area contributed by atoms with Gasteiger partial charge in [0.15, 0.2) is 0 Å². The molecule has 4 N–H and O–H groups in total. The molecule has 0 unspecified atom stereocenters. The highest BCUT2D eigenvalue weighted by molar-refractivity contribution is 5.76. The van der Waals surface area contributed by atoms with Crippen LogP contribution >= 0.6 is 0 Å². The van der Waals surface area contributed by atoms with Crippen molar-refractivity contribution >= 4 is 11.7 Å². The quantitative estimate of drug-likeness (QED) is 0.589. The fraction of sp³-hybridized carbons (Fsp3) is 0.364. The summed E-state index contributed by atoms with van der Waals surface area (Å²) in [7, 11) is 1.25. The van der Waals surface area contributed by atoms with E-state index in [1.165, 1.54) is 19.2 Å². The molecule has 0 aliphatic heterocycles. The first-order valence-corrected chi connectivity index (χ1v) is 4.83. The Bertz CT molecular complexity index is 407. The molecule has 0 heterocycles. The topological polar surface area (TPSA) is 78.3 Å². The van der Waals surface area contributed by atoms with Crippen LogP contribution in [-0.4, -0.2) is 19.1 Å². The largest absolute Gasteiger partial charge is 0.468 e. The van der Waals surface area contributed by atoms with Crippen LogP contribution in [0.5, 0.6) is 0 Å². The molecule has 0 spiro atoms. The first kappa shape index (κ1) is 12.4. The third kappa shape index (κ3) is 2.70. The summed E-state index contributed by atoms with van der Waals surface area (Å²) in [5, 5.41) is 0. The lowest BCUT2D eigenvalue weighted by molar-refractivity contribution is -0.142. The maximum atomic E-state index is 13.1. The van der Waals surface area contributed by atoms with Gasteiger partial charge in [-0.2, -0.15) is 0 Å². The van der Waals surface area contributed by atoms with Gasteiger partial charge in [-0.3, -0.25) is 4.79 Å². The summed E-state index contributed by atoms with van der Waals surface area (Å²) in [6.45, 7) is 1.70. The van der Waals surface area contributed by atoms with Crippen molar-refractivity contribution in [1.82, 2.24) is 0 Å². The van der Waals surface area contributed by atoms with Gasteiger partial charge in [-0.05, 0) is 30.2 Å². The lowest BCUT2D eigenvalue weighted by Crippen LogP contribution is -2.34. The molecule has 0 fully saturated rings. The Labute approximate surface area is 93.4 Å². The summed E-state index contributed by atoms with van der Waals surface area (Å²) in [5.74, 6) is -0.930. The summed E-state index contributed by atoms with van der Waals surface area (Å²) < 4.78 is 17.6. The normalized spacial score (nSPS) is 12.2. The van der Waals surface area contributed by atoms with Crippen molar-refractivity contribution in [1.29, 1.82) is 0 Å². The maximum absolute atomic E-state index is 13.1. The predicted octanol–water partition coefficient (Wildman–Crippen LogP) is 0.759. The molecular weight excluding hydrogens is 211 g/mol. The van der Waals surface area contributed by atoms with Crippen molar-refractivity contribution in [3.63, 3.8) is 0 Å². The van der Waals surface area contributed by atoms with Crippen molar-refractivity contribution in [2.24, 2.45) is 5.73 Å². The van der Waals surface area contributed by atoms with Crippen LogP contribution in [0.3, 0.4) is 0 Å². The molecule has 0 bridgehead atoms. The zero-order valence-corrected chi connectivity index (χ0v) is 9.29. The number of hydrogen-bond acceptors (Lipinski definition) is 4. The average Bonchev–Trinajstić information content (AvgIpc) is 2.23. The molecule has 0 aliphatic rings. The number of benzene rings is 1. The van der Waals surface area contributed by atoms with Crippen LogP contribution in [0, 0.1) is 12.7 Å². The van der Waals surface area contributed by atoms with Gasteiger partial charge in [0.05, 0.1) is 7.11 Å². The van der Waals surface area contributed by atoms with E-state index >= 15 is 0 Å². The van der Waals surface area contributed by atoms with Crippen molar-refractivity contribution in [2.75, 3.05) is 12.8 Å². The van der Waals surface area contributed by atoms with Gasteiger partial charge >= 0.3 is 5.97 Å². The van der Waals surface area contributed by atoms with Gasteiger partial charge in [-0.1, -0.05) is 0 Å². The van der Waals surface area contributed by atoms with Gasteiger partial charge in [0.25, 0.3) is 0 Å². The van der Waals surface area contributed by atoms with Crippen LogP contribution in [0.25, 0.3) is 0 Å². The zero-order chi connectivity index (χ0) is 12.3. The number of methoxy groups -OCH3 is 1. The molecule has 88 valence electrons. The van der Waals surface area contributed by atoms with E-state index in [1.807, 2.05) is 0 Å². The van der Waals surface area contributed by atoms with Crippen LogP contribution in [0.1, 0.15) is 11.1 Å².